The molecule has 4 N–H and O–H groups in total. The molecule has 0 aliphatic heterocycles. The van der Waals surface area contributed by atoms with E-state index in [-0.39, 0.29) is 5.66 Å². The van der Waals surface area contributed by atoms with E-state index in [1.807, 2.05) is 0 Å². The summed E-state index contributed by atoms with van der Waals surface area (Å²) in [5, 5.41) is 0. The standard InChI is InChI=1S/C14H31N2.Na/c1-3-4-5-6-7-8-9-10-11-12-13-14(2,15)16;/h2-13,15-16H2,1H3;. The number of unbranched alkanes of at least 4 members (excludes halogenated alkanes) is 9. The van der Waals surface area contributed by atoms with Crippen molar-refractivity contribution in [3.05, 3.63) is 0 Å². The Balaban J connectivity index is 3.09. The molecule has 0 rings (SSSR count). The summed E-state index contributed by atoms with van der Waals surface area (Å²) >= 11 is 1.12. The van der Waals surface area contributed by atoms with Crippen molar-refractivity contribution < 1.29 is 0 Å². The molecule has 0 saturated carbocycles. The summed E-state index contributed by atoms with van der Waals surface area (Å²) in [7, 11) is 0. The molecule has 0 aromatic carbocycles. The van der Waals surface area contributed by atoms with Gasteiger partial charge in [-0.1, -0.05) is 13.3 Å². The van der Waals surface area contributed by atoms with Gasteiger partial charge in [-0.3, -0.25) is 0 Å². The Hall–Kier alpha value is 0.920. The molecule has 0 saturated heterocycles. The minimum absolute atomic E-state index is 0.355. The molecule has 98 valence electrons. The number of hydrogen-bond donors (Lipinski definition) is 2. The van der Waals surface area contributed by atoms with Crippen LogP contribution >= 0.6 is 0 Å². The van der Waals surface area contributed by atoms with E-state index >= 15 is 0 Å². The van der Waals surface area contributed by atoms with Gasteiger partial charge in [0.25, 0.3) is 0 Å². The van der Waals surface area contributed by atoms with Crippen LogP contribution in [0.4, 0.5) is 0 Å². The fourth-order valence-electron chi connectivity index (χ4n) is 2.12. The van der Waals surface area contributed by atoms with Gasteiger partial charge in [-0.05, 0) is 0 Å². The van der Waals surface area contributed by atoms with Gasteiger partial charge >= 0.3 is 113 Å². The van der Waals surface area contributed by atoms with Crippen molar-refractivity contribution in [2.24, 2.45) is 11.5 Å². The van der Waals surface area contributed by atoms with Crippen LogP contribution in [-0.4, -0.2) is 33.6 Å². The molecule has 0 radical (unpaired) electrons. The van der Waals surface area contributed by atoms with Crippen molar-refractivity contribution in [3.63, 3.8) is 0 Å². The van der Waals surface area contributed by atoms with Crippen molar-refractivity contribution in [2.75, 3.05) is 0 Å². The zero-order chi connectivity index (χ0) is 13.0. The molecule has 2 nitrogen and oxygen atoms in total. The predicted molar refractivity (Wildman–Crippen MR) is 78.1 cm³/mol. The Labute approximate surface area is 126 Å². The minimum atomic E-state index is -0.355. The third kappa shape index (κ3) is 13.2. The third-order valence-corrected chi connectivity index (χ3v) is 4.97. The molecule has 0 heterocycles. The summed E-state index contributed by atoms with van der Waals surface area (Å²) in [6, 6.07) is 0. The van der Waals surface area contributed by atoms with Crippen LogP contribution in [0, 0.1) is 0 Å². The zero-order valence-electron chi connectivity index (χ0n) is 12.1. The van der Waals surface area contributed by atoms with Gasteiger partial charge in [0.05, 0.1) is 0 Å². The van der Waals surface area contributed by atoms with Crippen LogP contribution in [0.1, 0.15) is 77.6 Å². The molecule has 0 bridgehead atoms. The summed E-state index contributed by atoms with van der Waals surface area (Å²) in [6.07, 6.45) is 14.8. The van der Waals surface area contributed by atoms with Gasteiger partial charge in [0.2, 0.25) is 0 Å². The molecule has 0 amide bonds. The predicted octanol–water partition coefficient (Wildman–Crippen LogP) is 3.50. The molecule has 0 fully saturated rings. The Morgan fingerprint density at radius 1 is 0.765 bits per heavy atom. The normalized spacial score (nSPS) is 12.1. The van der Waals surface area contributed by atoms with Crippen LogP contribution in [0.3, 0.4) is 0 Å². The van der Waals surface area contributed by atoms with Crippen molar-refractivity contribution in [1.82, 2.24) is 0 Å². The SMILES string of the molecule is CCCCCCCCCCCCC(N)(N)[CH2][Na]. The topological polar surface area (TPSA) is 52.0 Å². The zero-order valence-corrected chi connectivity index (χ0v) is 14.1. The van der Waals surface area contributed by atoms with E-state index < -0.39 is 0 Å². The van der Waals surface area contributed by atoms with E-state index in [4.69, 9.17) is 11.5 Å². The van der Waals surface area contributed by atoms with Gasteiger partial charge in [0.1, 0.15) is 0 Å². The summed E-state index contributed by atoms with van der Waals surface area (Å²) in [4.78, 5) is 0. The van der Waals surface area contributed by atoms with Gasteiger partial charge < -0.3 is 0 Å². The van der Waals surface area contributed by atoms with Crippen molar-refractivity contribution >= 4 is 27.9 Å². The molecule has 0 aromatic rings. The molecule has 3 heteroatoms. The summed E-state index contributed by atoms with van der Waals surface area (Å²) in [5.41, 5.74) is 11.5. The second-order valence-electron chi connectivity index (χ2n) is 5.52. The molecule has 0 aromatic heterocycles. The maximum absolute atomic E-state index is 5.94. The fourth-order valence-corrected chi connectivity index (χ4v) is 2.47. The molecule has 0 spiro atoms. The Kier molecular flexibility index (Phi) is 12.6. The third-order valence-electron chi connectivity index (χ3n) is 3.65. The maximum atomic E-state index is 5.94. The average Bonchev–Trinajstić information content (AvgIpc) is 2.31. The van der Waals surface area contributed by atoms with E-state index in [2.05, 4.69) is 6.92 Å². The molecule has 17 heavy (non-hydrogen) atoms. The quantitative estimate of drug-likeness (QED) is 0.316. The molecular formula is C14H31N2Na. The first kappa shape index (κ1) is 17.9. The molecule has 0 unspecified atom stereocenters. The van der Waals surface area contributed by atoms with E-state index in [0.717, 1.165) is 38.0 Å². The van der Waals surface area contributed by atoms with Gasteiger partial charge in [-0.15, -0.1) is 0 Å². The van der Waals surface area contributed by atoms with Crippen LogP contribution in [0.5, 0.6) is 0 Å². The van der Waals surface area contributed by atoms with E-state index in [0.29, 0.717) is 0 Å². The Morgan fingerprint density at radius 2 is 1.18 bits per heavy atom. The molecule has 0 aliphatic rings. The van der Waals surface area contributed by atoms with Crippen LogP contribution in [0.15, 0.2) is 0 Å². The van der Waals surface area contributed by atoms with Gasteiger partial charge in [0, 0.05) is 0 Å². The van der Waals surface area contributed by atoms with Gasteiger partial charge in [-0.25, -0.2) is 0 Å². The summed E-state index contributed by atoms with van der Waals surface area (Å²) in [5.74, 6) is 0. The van der Waals surface area contributed by atoms with Crippen LogP contribution in [0.25, 0.3) is 0 Å². The molecular weight excluding hydrogens is 219 g/mol. The fraction of sp³-hybridized carbons (Fsp3) is 1.00. The van der Waals surface area contributed by atoms with Crippen LogP contribution in [0.2, 0.25) is 3.67 Å². The van der Waals surface area contributed by atoms with Crippen LogP contribution < -0.4 is 11.5 Å². The average molecular weight is 250 g/mol. The van der Waals surface area contributed by atoms with Crippen LogP contribution in [-0.2, 0) is 0 Å². The van der Waals surface area contributed by atoms with E-state index in [1.54, 1.807) is 0 Å². The van der Waals surface area contributed by atoms with Gasteiger partial charge in [-0.2, -0.15) is 0 Å². The Morgan fingerprint density at radius 3 is 1.59 bits per heavy atom. The van der Waals surface area contributed by atoms with E-state index in [1.165, 1.54) is 64.2 Å². The second kappa shape index (κ2) is 12.0. The monoisotopic (exact) mass is 250 g/mol. The van der Waals surface area contributed by atoms with Gasteiger partial charge in [0.15, 0.2) is 0 Å². The van der Waals surface area contributed by atoms with Crippen molar-refractivity contribution in [2.45, 2.75) is 86.9 Å². The summed E-state index contributed by atoms with van der Waals surface area (Å²) < 4.78 is 1.02. The number of rotatable bonds is 12. The summed E-state index contributed by atoms with van der Waals surface area (Å²) in [6.45, 7) is 2.27. The second-order valence-corrected chi connectivity index (χ2v) is 6.23. The van der Waals surface area contributed by atoms with Crippen molar-refractivity contribution in [1.29, 1.82) is 0 Å². The van der Waals surface area contributed by atoms with Crippen molar-refractivity contribution in [3.8, 4) is 0 Å². The molecule has 0 atom stereocenters. The van der Waals surface area contributed by atoms with E-state index in [9.17, 15) is 0 Å². The first-order valence-corrected chi connectivity index (χ1v) is 9.11. The Bertz CT molecular complexity index is 160. The first-order chi connectivity index (χ1) is 8.12. The molecule has 0 aliphatic carbocycles. The first-order valence-electron chi connectivity index (χ1n) is 7.70. The number of hydrogen-bond acceptors (Lipinski definition) is 2. The number of nitrogens with two attached hydrogens (primary N) is 2.